The van der Waals surface area contributed by atoms with E-state index in [1.807, 2.05) is 22.6 Å². The molecule has 0 aromatic heterocycles. The van der Waals surface area contributed by atoms with Gasteiger partial charge in [0.15, 0.2) is 5.11 Å². The molecule has 15 heavy (non-hydrogen) atoms. The van der Waals surface area contributed by atoms with E-state index in [2.05, 4.69) is 22.3 Å². The first-order chi connectivity index (χ1) is 6.99. The summed E-state index contributed by atoms with van der Waals surface area (Å²) in [6.45, 7) is -2.82. The van der Waals surface area contributed by atoms with Crippen molar-refractivity contribution in [1.82, 2.24) is 0 Å². The van der Waals surface area contributed by atoms with Crippen LogP contribution in [0.5, 0.6) is 5.75 Å². The van der Waals surface area contributed by atoms with Crippen LogP contribution in [-0.4, -0.2) is 11.7 Å². The van der Waals surface area contributed by atoms with E-state index in [1.54, 1.807) is 6.07 Å². The normalized spacial score (nSPS) is 10.1. The van der Waals surface area contributed by atoms with Gasteiger partial charge in [-0.2, -0.15) is 8.78 Å². The highest BCUT2D eigenvalue weighted by Gasteiger charge is 2.07. The first-order valence-corrected chi connectivity index (χ1v) is 5.28. The summed E-state index contributed by atoms with van der Waals surface area (Å²) in [6.07, 6.45) is 0. The third-order valence-corrected chi connectivity index (χ3v) is 2.42. The van der Waals surface area contributed by atoms with E-state index in [1.165, 1.54) is 12.1 Å². The van der Waals surface area contributed by atoms with Gasteiger partial charge in [0, 0.05) is 3.57 Å². The van der Waals surface area contributed by atoms with Crippen LogP contribution >= 0.6 is 34.8 Å². The number of anilines is 1. The number of halogens is 3. The highest BCUT2D eigenvalue weighted by molar-refractivity contribution is 14.1. The maximum Gasteiger partial charge on any atom is 0.387 e. The van der Waals surface area contributed by atoms with Crippen molar-refractivity contribution in [1.29, 1.82) is 0 Å². The van der Waals surface area contributed by atoms with Gasteiger partial charge in [0.1, 0.15) is 5.75 Å². The molecule has 82 valence electrons. The highest BCUT2D eigenvalue weighted by Crippen LogP contribution is 2.24. The van der Waals surface area contributed by atoms with E-state index in [0.29, 0.717) is 9.26 Å². The van der Waals surface area contributed by atoms with Crippen LogP contribution in [0, 0.1) is 3.57 Å². The molecule has 0 amide bonds. The Bertz CT molecular complexity index is 376. The largest absolute Gasteiger partial charge is 0.435 e. The Kier molecular flexibility index (Phi) is 4.45. The molecule has 0 fully saturated rings. The molecule has 0 radical (unpaired) electrons. The van der Waals surface area contributed by atoms with Crippen LogP contribution in [-0.2, 0) is 0 Å². The fourth-order valence-electron chi connectivity index (χ4n) is 0.906. The highest BCUT2D eigenvalue weighted by atomic mass is 127. The lowest BCUT2D eigenvalue weighted by Gasteiger charge is -2.09. The van der Waals surface area contributed by atoms with E-state index in [-0.39, 0.29) is 10.9 Å². The third-order valence-electron chi connectivity index (χ3n) is 1.42. The van der Waals surface area contributed by atoms with Crippen molar-refractivity contribution in [3.05, 3.63) is 21.8 Å². The van der Waals surface area contributed by atoms with Crippen LogP contribution in [0.3, 0.4) is 0 Å². The molecule has 0 heterocycles. The predicted octanol–water partition coefficient (Wildman–Crippen LogP) is 2.55. The van der Waals surface area contributed by atoms with Crippen LogP contribution in [0.15, 0.2) is 18.2 Å². The van der Waals surface area contributed by atoms with E-state index in [0.717, 1.165) is 0 Å². The zero-order chi connectivity index (χ0) is 11.4. The molecule has 0 atom stereocenters. The number of nitrogens with one attached hydrogen (secondary N) is 1. The van der Waals surface area contributed by atoms with Crippen molar-refractivity contribution in [2.75, 3.05) is 5.32 Å². The summed E-state index contributed by atoms with van der Waals surface area (Å²) in [6, 6.07) is 4.45. The smallest absolute Gasteiger partial charge is 0.387 e. The van der Waals surface area contributed by atoms with E-state index in [9.17, 15) is 8.78 Å². The van der Waals surface area contributed by atoms with Crippen LogP contribution in [0.25, 0.3) is 0 Å². The van der Waals surface area contributed by atoms with Crippen LogP contribution in [0.4, 0.5) is 14.5 Å². The van der Waals surface area contributed by atoms with Gasteiger partial charge in [-0.25, -0.2) is 0 Å². The van der Waals surface area contributed by atoms with E-state index >= 15 is 0 Å². The maximum absolute atomic E-state index is 11.9. The van der Waals surface area contributed by atoms with Gasteiger partial charge in [0.2, 0.25) is 0 Å². The Balaban J connectivity index is 2.83. The Morgan fingerprint density at radius 2 is 2.20 bits per heavy atom. The average molecular weight is 344 g/mol. The first kappa shape index (κ1) is 12.4. The van der Waals surface area contributed by atoms with Crippen molar-refractivity contribution in [3.8, 4) is 5.75 Å². The van der Waals surface area contributed by atoms with Crippen molar-refractivity contribution in [2.24, 2.45) is 5.73 Å². The molecule has 0 aliphatic heterocycles. The van der Waals surface area contributed by atoms with Crippen molar-refractivity contribution in [3.63, 3.8) is 0 Å². The summed E-state index contributed by atoms with van der Waals surface area (Å²) in [5, 5.41) is 2.83. The second-order valence-electron chi connectivity index (χ2n) is 2.51. The minimum Gasteiger partial charge on any atom is -0.435 e. The number of hydrogen-bond acceptors (Lipinski definition) is 2. The summed E-state index contributed by atoms with van der Waals surface area (Å²) in [5.41, 5.74) is 5.94. The second kappa shape index (κ2) is 5.40. The van der Waals surface area contributed by atoms with Gasteiger partial charge in [-0.3, -0.25) is 0 Å². The van der Waals surface area contributed by atoms with Crippen LogP contribution in [0.2, 0.25) is 0 Å². The Morgan fingerprint density at radius 3 is 2.67 bits per heavy atom. The zero-order valence-corrected chi connectivity index (χ0v) is 10.3. The number of thiocarbonyl (C=S) groups is 1. The monoisotopic (exact) mass is 344 g/mol. The van der Waals surface area contributed by atoms with Gasteiger partial charge in [-0.1, -0.05) is 0 Å². The van der Waals surface area contributed by atoms with Gasteiger partial charge >= 0.3 is 6.61 Å². The molecule has 1 rings (SSSR count). The van der Waals surface area contributed by atoms with Crippen molar-refractivity contribution < 1.29 is 13.5 Å². The molecular weight excluding hydrogens is 337 g/mol. The van der Waals surface area contributed by atoms with Gasteiger partial charge in [0.25, 0.3) is 0 Å². The van der Waals surface area contributed by atoms with Gasteiger partial charge < -0.3 is 15.8 Å². The lowest BCUT2D eigenvalue weighted by Crippen LogP contribution is -2.19. The summed E-state index contributed by atoms with van der Waals surface area (Å²) < 4.78 is 28.7. The number of benzene rings is 1. The van der Waals surface area contributed by atoms with Gasteiger partial charge in [0.05, 0.1) is 5.69 Å². The molecule has 0 aliphatic carbocycles. The quantitative estimate of drug-likeness (QED) is 0.654. The molecular formula is C8H7F2IN2OS. The SMILES string of the molecule is NC(=S)Nc1ccc(OC(F)F)cc1I. The number of rotatable bonds is 3. The number of hydrogen-bond donors (Lipinski definition) is 2. The van der Waals surface area contributed by atoms with E-state index < -0.39 is 6.61 Å². The Morgan fingerprint density at radius 1 is 1.53 bits per heavy atom. The molecule has 1 aromatic rings. The minimum absolute atomic E-state index is 0.0999. The van der Waals surface area contributed by atoms with Gasteiger partial charge in [-0.05, 0) is 53.0 Å². The summed E-state index contributed by atoms with van der Waals surface area (Å²) in [5.74, 6) is 0.0999. The molecule has 0 saturated heterocycles. The standard InChI is InChI=1S/C8H7F2IN2OS/c9-7(10)14-4-1-2-6(5(11)3-4)13-8(12)15/h1-3,7H,(H3,12,13,15). The molecule has 7 heteroatoms. The molecule has 0 saturated carbocycles. The number of ether oxygens (including phenoxy) is 1. The molecule has 0 aliphatic rings. The first-order valence-electron chi connectivity index (χ1n) is 3.80. The minimum atomic E-state index is -2.82. The topological polar surface area (TPSA) is 47.3 Å². The third kappa shape index (κ3) is 4.12. The second-order valence-corrected chi connectivity index (χ2v) is 4.11. The van der Waals surface area contributed by atoms with Gasteiger partial charge in [-0.15, -0.1) is 0 Å². The Labute approximate surface area is 104 Å². The molecule has 0 bridgehead atoms. The van der Waals surface area contributed by atoms with Crippen LogP contribution in [0.1, 0.15) is 0 Å². The summed E-state index contributed by atoms with van der Waals surface area (Å²) >= 11 is 6.62. The van der Waals surface area contributed by atoms with Crippen LogP contribution < -0.4 is 15.8 Å². The molecule has 0 spiro atoms. The fourth-order valence-corrected chi connectivity index (χ4v) is 1.64. The molecule has 1 aromatic carbocycles. The lowest BCUT2D eigenvalue weighted by molar-refractivity contribution is -0.0498. The maximum atomic E-state index is 11.9. The summed E-state index contributed by atoms with van der Waals surface area (Å²) in [7, 11) is 0. The molecule has 0 unspecified atom stereocenters. The van der Waals surface area contributed by atoms with Crippen molar-refractivity contribution in [2.45, 2.75) is 6.61 Å². The van der Waals surface area contributed by atoms with E-state index in [4.69, 9.17) is 5.73 Å². The molecule has 3 N–H and O–H groups in total. The van der Waals surface area contributed by atoms with Crippen molar-refractivity contribution >= 4 is 45.6 Å². The number of alkyl halides is 2. The predicted molar refractivity (Wildman–Crippen MR) is 66.2 cm³/mol. The molecule has 3 nitrogen and oxygen atoms in total. The Hall–Kier alpha value is -0.700. The average Bonchev–Trinajstić information content (AvgIpc) is 2.08. The zero-order valence-electron chi connectivity index (χ0n) is 7.34. The number of nitrogens with two attached hydrogens (primary N) is 1. The summed E-state index contributed by atoms with van der Waals surface area (Å²) in [4.78, 5) is 0. The fraction of sp³-hybridized carbons (Fsp3) is 0.125. The lowest BCUT2D eigenvalue weighted by atomic mass is 10.3.